The van der Waals surface area contributed by atoms with E-state index in [0.29, 0.717) is 34.9 Å². The molecule has 1 unspecified atom stereocenters. The van der Waals surface area contributed by atoms with Crippen LogP contribution < -0.4 is 9.64 Å². The van der Waals surface area contributed by atoms with E-state index in [1.165, 1.54) is 47.1 Å². The number of alkyl halides is 3. The number of anilines is 1. The van der Waals surface area contributed by atoms with Gasteiger partial charge in [0, 0.05) is 17.9 Å². The summed E-state index contributed by atoms with van der Waals surface area (Å²) < 4.78 is 50.4. The first-order chi connectivity index (χ1) is 16.3. The Balaban J connectivity index is 1.59. The highest BCUT2D eigenvalue weighted by atomic mass is 32.2. The summed E-state index contributed by atoms with van der Waals surface area (Å²) in [6, 6.07) is 13.1. The maximum atomic E-state index is 14.0. The van der Waals surface area contributed by atoms with Crippen LogP contribution in [0.1, 0.15) is 27.2 Å². The van der Waals surface area contributed by atoms with Crippen molar-refractivity contribution in [3.05, 3.63) is 83.3 Å². The van der Waals surface area contributed by atoms with E-state index in [1.807, 2.05) is 0 Å². The number of amides is 2. The zero-order chi connectivity index (χ0) is 24.1. The number of nitrogens with zero attached hydrogens (tertiary/aromatic N) is 2. The number of rotatable bonds is 4. The van der Waals surface area contributed by atoms with Crippen molar-refractivity contribution in [2.45, 2.75) is 17.6 Å². The third-order valence-corrected chi connectivity index (χ3v) is 7.39. The smallest absolute Gasteiger partial charge is 0.416 e. The van der Waals surface area contributed by atoms with Crippen molar-refractivity contribution in [3.8, 4) is 5.75 Å². The lowest BCUT2D eigenvalue weighted by molar-refractivity contribution is -0.137. The van der Waals surface area contributed by atoms with Gasteiger partial charge >= 0.3 is 6.18 Å². The van der Waals surface area contributed by atoms with E-state index in [4.69, 9.17) is 9.15 Å². The average molecular weight is 488 g/mol. The molecule has 1 aromatic heterocycles. The number of carbonyl (C=O) groups is 2. The molecular formula is C24H19F3N2O4S. The van der Waals surface area contributed by atoms with Gasteiger partial charge in [0.2, 0.25) is 0 Å². The van der Waals surface area contributed by atoms with Gasteiger partial charge in [0.1, 0.15) is 5.75 Å². The Kier molecular flexibility index (Phi) is 5.35. The number of hydrogen-bond donors (Lipinski definition) is 0. The number of carbonyl (C=O) groups excluding carboxylic acids is 2. The van der Waals surface area contributed by atoms with Gasteiger partial charge in [-0.15, -0.1) is 11.8 Å². The molecule has 1 atom stereocenters. The predicted molar refractivity (Wildman–Crippen MR) is 120 cm³/mol. The summed E-state index contributed by atoms with van der Waals surface area (Å²) in [7, 11) is 1.50. The summed E-state index contributed by atoms with van der Waals surface area (Å²) in [5, 5.41) is 0. The summed E-state index contributed by atoms with van der Waals surface area (Å²) in [6.07, 6.45) is -3.11. The van der Waals surface area contributed by atoms with Gasteiger partial charge in [0.15, 0.2) is 10.6 Å². The summed E-state index contributed by atoms with van der Waals surface area (Å²) >= 11 is 1.31. The van der Waals surface area contributed by atoms with Gasteiger partial charge in [-0.25, -0.2) is 0 Å². The van der Waals surface area contributed by atoms with Crippen molar-refractivity contribution in [2.24, 2.45) is 0 Å². The van der Waals surface area contributed by atoms with Gasteiger partial charge < -0.3 is 19.0 Å². The molecule has 2 amide bonds. The zero-order valence-electron chi connectivity index (χ0n) is 18.0. The molecule has 0 aliphatic carbocycles. The minimum Gasteiger partial charge on any atom is -0.497 e. The van der Waals surface area contributed by atoms with Crippen LogP contribution in [0.3, 0.4) is 0 Å². The predicted octanol–water partition coefficient (Wildman–Crippen LogP) is 4.90. The molecule has 1 saturated heterocycles. The second-order valence-corrected chi connectivity index (χ2v) is 9.19. The van der Waals surface area contributed by atoms with Crippen molar-refractivity contribution >= 4 is 29.3 Å². The lowest BCUT2D eigenvalue weighted by Crippen LogP contribution is -2.50. The fourth-order valence-electron chi connectivity index (χ4n) is 4.44. The van der Waals surface area contributed by atoms with Gasteiger partial charge in [-0.3, -0.25) is 9.59 Å². The van der Waals surface area contributed by atoms with Crippen LogP contribution in [-0.2, 0) is 22.4 Å². The van der Waals surface area contributed by atoms with Crippen molar-refractivity contribution in [1.82, 2.24) is 4.90 Å². The van der Waals surface area contributed by atoms with E-state index in [0.717, 1.165) is 12.1 Å². The number of halogens is 3. The van der Waals surface area contributed by atoms with E-state index >= 15 is 0 Å². The molecule has 176 valence electrons. The van der Waals surface area contributed by atoms with Gasteiger partial charge in [0.05, 0.1) is 31.2 Å². The molecule has 5 rings (SSSR count). The lowest BCUT2D eigenvalue weighted by Gasteiger charge is -2.32. The maximum absolute atomic E-state index is 14.0. The zero-order valence-corrected chi connectivity index (χ0v) is 18.8. The van der Waals surface area contributed by atoms with Gasteiger partial charge in [-0.2, -0.15) is 13.2 Å². The van der Waals surface area contributed by atoms with E-state index in [1.54, 1.807) is 30.3 Å². The number of methoxy groups -OCH3 is 1. The van der Waals surface area contributed by atoms with Crippen LogP contribution in [0.2, 0.25) is 0 Å². The minimum atomic E-state index is -4.49. The Morgan fingerprint density at radius 2 is 2.00 bits per heavy atom. The Bertz CT molecular complexity index is 1260. The molecule has 2 aliphatic heterocycles. The van der Waals surface area contributed by atoms with Gasteiger partial charge in [0.25, 0.3) is 11.8 Å². The number of ether oxygens (including phenoxy) is 1. The standard InChI is InChI=1S/C24H19F3N2O4S/c1-32-17-7-8-19-18(13-17)23(29(9-11-34-23)21(30)20-6-3-10-33-20)22(31)28(19)14-15-4-2-5-16(12-15)24(25,26)27/h2-8,10,12-13H,9,11,14H2,1H3. The third kappa shape index (κ3) is 3.44. The molecule has 0 saturated carbocycles. The van der Waals surface area contributed by atoms with Crippen molar-refractivity contribution in [2.75, 3.05) is 24.3 Å². The van der Waals surface area contributed by atoms with Crippen LogP contribution in [-0.4, -0.2) is 36.1 Å². The lowest BCUT2D eigenvalue weighted by atomic mass is 10.0. The largest absolute Gasteiger partial charge is 0.497 e. The summed E-state index contributed by atoms with van der Waals surface area (Å²) in [6.45, 7) is 0.233. The first-order valence-corrected chi connectivity index (χ1v) is 11.4. The number of hydrogen-bond acceptors (Lipinski definition) is 5. The average Bonchev–Trinajstić information content (AvgIpc) is 3.56. The topological polar surface area (TPSA) is 63.0 Å². The second-order valence-electron chi connectivity index (χ2n) is 7.90. The molecule has 2 aliphatic rings. The number of furan rings is 1. The monoisotopic (exact) mass is 488 g/mol. The molecule has 34 heavy (non-hydrogen) atoms. The molecular weight excluding hydrogens is 469 g/mol. The van der Waals surface area contributed by atoms with Gasteiger partial charge in [-0.05, 0) is 48.0 Å². The molecule has 0 N–H and O–H groups in total. The molecule has 3 aromatic rings. The van der Waals surface area contributed by atoms with Crippen molar-refractivity contribution in [1.29, 1.82) is 0 Å². The molecule has 3 heterocycles. The van der Waals surface area contributed by atoms with Gasteiger partial charge in [-0.1, -0.05) is 12.1 Å². The highest BCUT2D eigenvalue weighted by Gasteiger charge is 2.60. The molecule has 0 bridgehead atoms. The third-order valence-electron chi connectivity index (χ3n) is 5.97. The Morgan fingerprint density at radius 3 is 2.71 bits per heavy atom. The fraction of sp³-hybridized carbons (Fsp3) is 0.250. The molecule has 6 nitrogen and oxygen atoms in total. The van der Waals surface area contributed by atoms with Crippen molar-refractivity contribution < 1.29 is 31.9 Å². The number of fused-ring (bicyclic) bond motifs is 2. The summed E-state index contributed by atoms with van der Waals surface area (Å²) in [5.74, 6) is 0.292. The van der Waals surface area contributed by atoms with E-state index < -0.39 is 28.4 Å². The first kappa shape index (κ1) is 22.4. The normalized spacial score (nSPS) is 19.7. The fourth-order valence-corrected chi connectivity index (χ4v) is 5.89. The van der Waals surface area contributed by atoms with Crippen LogP contribution >= 0.6 is 11.8 Å². The van der Waals surface area contributed by atoms with Crippen LogP contribution in [0, 0.1) is 0 Å². The molecule has 2 aromatic carbocycles. The highest BCUT2D eigenvalue weighted by molar-refractivity contribution is 8.01. The first-order valence-electron chi connectivity index (χ1n) is 10.4. The van der Waals surface area contributed by atoms with Crippen LogP contribution in [0.5, 0.6) is 5.75 Å². The Hall–Kier alpha value is -3.40. The van der Waals surface area contributed by atoms with Crippen molar-refractivity contribution in [3.63, 3.8) is 0 Å². The van der Waals surface area contributed by atoms with Crippen LogP contribution in [0.4, 0.5) is 18.9 Å². The Labute approximate surface area is 197 Å². The van der Waals surface area contributed by atoms with E-state index in [9.17, 15) is 22.8 Å². The number of thioether (sulfide) groups is 1. The summed E-state index contributed by atoms with van der Waals surface area (Å²) in [4.78, 5) is 28.8. The van der Waals surface area contributed by atoms with E-state index in [2.05, 4.69) is 0 Å². The highest BCUT2D eigenvalue weighted by Crippen LogP contribution is 2.55. The minimum absolute atomic E-state index is 0.0762. The van der Waals surface area contributed by atoms with E-state index in [-0.39, 0.29) is 12.3 Å². The molecule has 10 heteroatoms. The molecule has 0 radical (unpaired) electrons. The molecule has 1 fully saturated rings. The maximum Gasteiger partial charge on any atom is 0.416 e. The summed E-state index contributed by atoms with van der Waals surface area (Å²) in [5.41, 5.74) is 0.626. The quantitative estimate of drug-likeness (QED) is 0.523. The SMILES string of the molecule is COc1ccc2c(c1)C1(SCCN1C(=O)c1ccco1)C(=O)N2Cc1cccc(C(F)(F)F)c1. The number of benzene rings is 2. The van der Waals surface area contributed by atoms with Crippen LogP contribution in [0.15, 0.2) is 65.3 Å². The second kappa shape index (κ2) is 8.12. The molecule has 1 spiro atoms. The van der Waals surface area contributed by atoms with Crippen LogP contribution in [0.25, 0.3) is 0 Å². The Morgan fingerprint density at radius 1 is 1.18 bits per heavy atom.